The Labute approximate surface area is 115 Å². The lowest BCUT2D eigenvalue weighted by molar-refractivity contribution is -0.274. The van der Waals surface area contributed by atoms with Crippen LogP contribution in [0.3, 0.4) is 0 Å². The monoisotopic (exact) mass is 297 g/mol. The van der Waals surface area contributed by atoms with Gasteiger partial charge in [0.2, 0.25) is 0 Å². The molecular weight excluding hydrogens is 283 g/mol. The molecule has 0 unspecified atom stereocenters. The summed E-state index contributed by atoms with van der Waals surface area (Å²) in [6.45, 7) is 0.859. The molecule has 1 heterocycles. The standard InChI is InChI=1S/C12H14F3NO2.ClH/c1-17-11-5-4-8(18-12(13,14)15)7-9(11)10-3-2-6-16-10;/h4-5,7,10,16H,2-3,6H2,1H3;1H/t10-;/m1./s1. The van der Waals surface area contributed by atoms with Crippen molar-refractivity contribution < 1.29 is 22.6 Å². The molecule has 1 atom stereocenters. The number of hydrogen-bond donors (Lipinski definition) is 1. The minimum absolute atomic E-state index is 0. The van der Waals surface area contributed by atoms with Crippen molar-refractivity contribution in [1.29, 1.82) is 0 Å². The molecule has 0 aliphatic carbocycles. The molecule has 1 aromatic carbocycles. The molecule has 0 bridgehead atoms. The van der Waals surface area contributed by atoms with Crippen LogP contribution in [0.4, 0.5) is 13.2 Å². The summed E-state index contributed by atoms with van der Waals surface area (Å²) in [5, 5.41) is 3.22. The lowest BCUT2D eigenvalue weighted by Gasteiger charge is -2.17. The first-order valence-corrected chi connectivity index (χ1v) is 5.66. The number of nitrogens with one attached hydrogen (secondary N) is 1. The molecule has 0 aromatic heterocycles. The highest BCUT2D eigenvalue weighted by Gasteiger charge is 2.31. The van der Waals surface area contributed by atoms with Crippen molar-refractivity contribution in [3.63, 3.8) is 0 Å². The molecule has 1 N–H and O–H groups in total. The van der Waals surface area contributed by atoms with Gasteiger partial charge in [-0.3, -0.25) is 0 Å². The SMILES string of the molecule is COc1ccc(OC(F)(F)F)cc1[C@H]1CCCN1.Cl. The summed E-state index contributed by atoms with van der Waals surface area (Å²) in [5.74, 6) is 0.357. The van der Waals surface area contributed by atoms with E-state index in [1.54, 1.807) is 0 Å². The van der Waals surface area contributed by atoms with Crippen molar-refractivity contribution in [2.45, 2.75) is 25.2 Å². The van der Waals surface area contributed by atoms with E-state index in [2.05, 4.69) is 10.1 Å². The van der Waals surface area contributed by atoms with Gasteiger partial charge in [-0.2, -0.15) is 0 Å². The van der Waals surface area contributed by atoms with Gasteiger partial charge in [-0.25, -0.2) is 0 Å². The molecule has 0 spiro atoms. The topological polar surface area (TPSA) is 30.5 Å². The number of methoxy groups -OCH3 is 1. The summed E-state index contributed by atoms with van der Waals surface area (Å²) in [6, 6.07) is 4.16. The van der Waals surface area contributed by atoms with Crippen molar-refractivity contribution in [2.75, 3.05) is 13.7 Å². The number of ether oxygens (including phenoxy) is 2. The van der Waals surface area contributed by atoms with Crippen LogP contribution in [0, 0.1) is 0 Å². The molecule has 0 amide bonds. The van der Waals surface area contributed by atoms with Gasteiger partial charge in [-0.15, -0.1) is 25.6 Å². The molecule has 1 saturated heterocycles. The van der Waals surface area contributed by atoms with Crippen molar-refractivity contribution in [2.24, 2.45) is 0 Å². The molecule has 1 aromatic rings. The van der Waals surface area contributed by atoms with Gasteiger partial charge in [0.1, 0.15) is 11.5 Å². The van der Waals surface area contributed by atoms with Crippen LogP contribution in [0.2, 0.25) is 0 Å². The Morgan fingerprint density at radius 3 is 2.58 bits per heavy atom. The van der Waals surface area contributed by atoms with E-state index in [1.165, 1.54) is 25.3 Å². The van der Waals surface area contributed by atoms with E-state index < -0.39 is 6.36 Å². The summed E-state index contributed by atoms with van der Waals surface area (Å²) in [6.07, 6.45) is -2.79. The number of halogens is 4. The van der Waals surface area contributed by atoms with Gasteiger partial charge in [-0.05, 0) is 37.6 Å². The summed E-state index contributed by atoms with van der Waals surface area (Å²) in [5.41, 5.74) is 0.705. The average Bonchev–Trinajstić information content (AvgIpc) is 2.80. The zero-order chi connectivity index (χ0) is 13.2. The second kappa shape index (κ2) is 6.34. The first kappa shape index (κ1) is 15.9. The molecular formula is C12H15ClF3NO2. The van der Waals surface area contributed by atoms with Gasteiger partial charge in [-0.1, -0.05) is 0 Å². The Morgan fingerprint density at radius 2 is 2.05 bits per heavy atom. The van der Waals surface area contributed by atoms with Gasteiger partial charge in [0.15, 0.2) is 0 Å². The minimum atomic E-state index is -4.67. The van der Waals surface area contributed by atoms with E-state index in [1.807, 2.05) is 0 Å². The highest BCUT2D eigenvalue weighted by molar-refractivity contribution is 5.85. The van der Waals surface area contributed by atoms with Gasteiger partial charge in [0.05, 0.1) is 7.11 Å². The second-order valence-electron chi connectivity index (χ2n) is 4.10. The van der Waals surface area contributed by atoms with E-state index >= 15 is 0 Å². The predicted molar refractivity (Wildman–Crippen MR) is 66.9 cm³/mol. The van der Waals surface area contributed by atoms with E-state index in [9.17, 15) is 13.2 Å². The Hall–Kier alpha value is -1.14. The zero-order valence-corrected chi connectivity index (χ0v) is 11.1. The zero-order valence-electron chi connectivity index (χ0n) is 10.3. The maximum atomic E-state index is 12.2. The Balaban J connectivity index is 0.00000180. The lowest BCUT2D eigenvalue weighted by Crippen LogP contribution is -2.18. The number of benzene rings is 1. The number of alkyl halides is 3. The van der Waals surface area contributed by atoms with Crippen LogP contribution in [0.25, 0.3) is 0 Å². The molecule has 1 fully saturated rings. The van der Waals surface area contributed by atoms with Crippen molar-refractivity contribution in [3.05, 3.63) is 23.8 Å². The fraction of sp³-hybridized carbons (Fsp3) is 0.500. The lowest BCUT2D eigenvalue weighted by atomic mass is 10.0. The van der Waals surface area contributed by atoms with Crippen molar-refractivity contribution >= 4 is 12.4 Å². The van der Waals surface area contributed by atoms with Crippen molar-refractivity contribution in [1.82, 2.24) is 5.32 Å². The molecule has 3 nitrogen and oxygen atoms in total. The molecule has 2 rings (SSSR count). The van der Waals surface area contributed by atoms with E-state index in [0.717, 1.165) is 19.4 Å². The van der Waals surface area contributed by atoms with Gasteiger partial charge >= 0.3 is 6.36 Å². The van der Waals surface area contributed by atoms with Crippen LogP contribution in [0.15, 0.2) is 18.2 Å². The Bertz CT molecular complexity index is 420. The van der Waals surface area contributed by atoms with Crippen LogP contribution in [-0.2, 0) is 0 Å². The third kappa shape index (κ3) is 4.18. The van der Waals surface area contributed by atoms with Gasteiger partial charge in [0.25, 0.3) is 0 Å². The minimum Gasteiger partial charge on any atom is -0.496 e. The second-order valence-corrected chi connectivity index (χ2v) is 4.10. The third-order valence-electron chi connectivity index (χ3n) is 2.87. The molecule has 0 saturated carbocycles. The molecule has 19 heavy (non-hydrogen) atoms. The first-order chi connectivity index (χ1) is 8.49. The van der Waals surface area contributed by atoms with Crippen molar-refractivity contribution in [3.8, 4) is 11.5 Å². The molecule has 108 valence electrons. The Kier molecular flexibility index (Phi) is 5.31. The normalized spacial score (nSPS) is 18.8. The fourth-order valence-corrected chi connectivity index (χ4v) is 2.13. The van der Waals surface area contributed by atoms with Crippen LogP contribution in [0.1, 0.15) is 24.4 Å². The molecule has 0 radical (unpaired) electrons. The van der Waals surface area contributed by atoms with Crippen LogP contribution in [-0.4, -0.2) is 20.0 Å². The summed E-state index contributed by atoms with van der Waals surface area (Å²) in [4.78, 5) is 0. The highest BCUT2D eigenvalue weighted by atomic mass is 35.5. The van der Waals surface area contributed by atoms with Crippen LogP contribution < -0.4 is 14.8 Å². The van der Waals surface area contributed by atoms with Crippen LogP contribution >= 0.6 is 12.4 Å². The molecule has 1 aliphatic heterocycles. The summed E-state index contributed by atoms with van der Waals surface area (Å²) >= 11 is 0. The smallest absolute Gasteiger partial charge is 0.496 e. The maximum Gasteiger partial charge on any atom is 0.573 e. The van der Waals surface area contributed by atoms with E-state index in [0.29, 0.717) is 11.3 Å². The summed E-state index contributed by atoms with van der Waals surface area (Å²) < 4.78 is 45.6. The number of rotatable bonds is 3. The van der Waals surface area contributed by atoms with E-state index in [4.69, 9.17) is 4.74 Å². The number of hydrogen-bond acceptors (Lipinski definition) is 3. The largest absolute Gasteiger partial charge is 0.573 e. The molecule has 1 aliphatic rings. The van der Waals surface area contributed by atoms with Crippen LogP contribution in [0.5, 0.6) is 11.5 Å². The highest BCUT2D eigenvalue weighted by Crippen LogP contribution is 2.35. The third-order valence-corrected chi connectivity index (χ3v) is 2.87. The summed E-state index contributed by atoms with van der Waals surface area (Å²) in [7, 11) is 1.50. The molecule has 7 heteroatoms. The van der Waals surface area contributed by atoms with Gasteiger partial charge in [0, 0.05) is 11.6 Å². The Morgan fingerprint density at radius 1 is 1.32 bits per heavy atom. The average molecular weight is 298 g/mol. The fourth-order valence-electron chi connectivity index (χ4n) is 2.13. The van der Waals surface area contributed by atoms with Gasteiger partial charge < -0.3 is 14.8 Å². The maximum absolute atomic E-state index is 12.2. The quantitative estimate of drug-likeness (QED) is 0.927. The van der Waals surface area contributed by atoms with E-state index in [-0.39, 0.29) is 24.2 Å². The first-order valence-electron chi connectivity index (χ1n) is 5.66. The predicted octanol–water partition coefficient (Wildman–Crippen LogP) is 3.44.